The molecule has 0 heterocycles. The molecule has 10 heavy (non-hydrogen) atoms. The van der Waals surface area contributed by atoms with Crippen molar-refractivity contribution in [1.82, 2.24) is 0 Å². The minimum Gasteiger partial charge on any atom is -0.468 e. The second-order valence-electron chi connectivity index (χ2n) is 1.48. The Balaban J connectivity index is 0. The van der Waals surface area contributed by atoms with Crippen molar-refractivity contribution in [2.45, 2.75) is 5.25 Å². The molecular formula is C5H12ClNO2S. The first-order chi connectivity index (χ1) is 4.26. The maximum Gasteiger partial charge on any atom is 0.320 e. The Morgan fingerprint density at radius 1 is 1.80 bits per heavy atom. The molecule has 0 aromatic rings. The van der Waals surface area contributed by atoms with Gasteiger partial charge in [-0.1, -0.05) is 0 Å². The molecule has 5 heteroatoms. The van der Waals surface area contributed by atoms with Crippen molar-refractivity contribution in [3.8, 4) is 0 Å². The zero-order chi connectivity index (χ0) is 7.28. The van der Waals surface area contributed by atoms with Crippen LogP contribution in [0.5, 0.6) is 0 Å². The van der Waals surface area contributed by atoms with E-state index in [4.69, 9.17) is 5.73 Å². The van der Waals surface area contributed by atoms with Gasteiger partial charge in [0.05, 0.1) is 7.11 Å². The number of methoxy groups -OCH3 is 1. The van der Waals surface area contributed by atoms with E-state index >= 15 is 0 Å². The summed E-state index contributed by atoms with van der Waals surface area (Å²) in [6, 6.07) is 0. The van der Waals surface area contributed by atoms with E-state index in [2.05, 4.69) is 4.74 Å². The van der Waals surface area contributed by atoms with Gasteiger partial charge in [-0.25, -0.2) is 0 Å². The van der Waals surface area contributed by atoms with Crippen molar-refractivity contribution in [3.05, 3.63) is 0 Å². The van der Waals surface area contributed by atoms with E-state index in [9.17, 15) is 4.79 Å². The molecule has 0 spiro atoms. The maximum atomic E-state index is 10.7. The van der Waals surface area contributed by atoms with Crippen molar-refractivity contribution in [3.63, 3.8) is 0 Å². The largest absolute Gasteiger partial charge is 0.468 e. The molecule has 0 fully saturated rings. The van der Waals surface area contributed by atoms with Gasteiger partial charge < -0.3 is 10.5 Å². The topological polar surface area (TPSA) is 52.3 Å². The van der Waals surface area contributed by atoms with Crippen LogP contribution in [0.1, 0.15) is 0 Å². The Kier molecular flexibility index (Phi) is 9.13. The smallest absolute Gasteiger partial charge is 0.320 e. The highest BCUT2D eigenvalue weighted by Gasteiger charge is 2.14. The first kappa shape index (κ1) is 12.7. The zero-order valence-electron chi connectivity index (χ0n) is 5.99. The first-order valence-corrected chi connectivity index (χ1v) is 3.85. The van der Waals surface area contributed by atoms with Crippen LogP contribution < -0.4 is 5.73 Å². The third-order valence-corrected chi connectivity index (χ3v) is 1.92. The molecule has 0 saturated heterocycles. The lowest BCUT2D eigenvalue weighted by Gasteiger charge is -2.06. The summed E-state index contributed by atoms with van der Waals surface area (Å²) in [5, 5.41) is -0.199. The van der Waals surface area contributed by atoms with Gasteiger partial charge >= 0.3 is 5.97 Å². The lowest BCUT2D eigenvalue weighted by Crippen LogP contribution is -2.27. The van der Waals surface area contributed by atoms with Gasteiger partial charge in [0, 0.05) is 6.54 Å². The van der Waals surface area contributed by atoms with Gasteiger partial charge in [0.1, 0.15) is 5.25 Å². The summed E-state index contributed by atoms with van der Waals surface area (Å²) in [5.41, 5.74) is 5.24. The lowest BCUT2D eigenvalue weighted by molar-refractivity contribution is -0.139. The van der Waals surface area contributed by atoms with Gasteiger partial charge in [-0.05, 0) is 6.26 Å². The number of ether oxygens (including phenoxy) is 1. The van der Waals surface area contributed by atoms with Crippen molar-refractivity contribution in [2.75, 3.05) is 19.9 Å². The van der Waals surface area contributed by atoms with E-state index < -0.39 is 0 Å². The van der Waals surface area contributed by atoms with Crippen LogP contribution in [0.15, 0.2) is 0 Å². The minimum absolute atomic E-state index is 0. The number of carbonyl (C=O) groups is 1. The van der Waals surface area contributed by atoms with Gasteiger partial charge in [-0.3, -0.25) is 4.79 Å². The van der Waals surface area contributed by atoms with E-state index in [1.807, 2.05) is 6.26 Å². The number of hydrogen-bond acceptors (Lipinski definition) is 4. The van der Waals surface area contributed by atoms with Gasteiger partial charge in [0.15, 0.2) is 0 Å². The molecule has 0 radical (unpaired) electrons. The summed E-state index contributed by atoms with van der Waals surface area (Å²) in [5.74, 6) is -0.245. The summed E-state index contributed by atoms with van der Waals surface area (Å²) >= 11 is 1.40. The molecule has 0 bridgehead atoms. The van der Waals surface area contributed by atoms with E-state index in [0.29, 0.717) is 6.54 Å². The van der Waals surface area contributed by atoms with Crippen molar-refractivity contribution in [2.24, 2.45) is 5.73 Å². The quantitative estimate of drug-likeness (QED) is 0.642. The minimum atomic E-state index is -0.245. The van der Waals surface area contributed by atoms with E-state index in [-0.39, 0.29) is 23.6 Å². The predicted molar refractivity (Wildman–Crippen MR) is 45.6 cm³/mol. The average Bonchev–Trinajstić information content (AvgIpc) is 1.90. The first-order valence-electron chi connectivity index (χ1n) is 2.57. The van der Waals surface area contributed by atoms with Crippen LogP contribution >= 0.6 is 24.2 Å². The molecule has 1 unspecified atom stereocenters. The normalized spacial score (nSPS) is 11.5. The molecular weight excluding hydrogens is 174 g/mol. The molecule has 0 aliphatic rings. The van der Waals surface area contributed by atoms with Crippen LogP contribution in [0.25, 0.3) is 0 Å². The lowest BCUT2D eigenvalue weighted by atomic mass is 10.4. The van der Waals surface area contributed by atoms with E-state index in [1.165, 1.54) is 18.9 Å². The number of hydrogen-bond donors (Lipinski definition) is 1. The summed E-state index contributed by atoms with van der Waals surface area (Å²) in [7, 11) is 1.36. The average molecular weight is 186 g/mol. The summed E-state index contributed by atoms with van der Waals surface area (Å²) < 4.78 is 4.45. The van der Waals surface area contributed by atoms with Crippen LogP contribution in [0.3, 0.4) is 0 Å². The molecule has 3 nitrogen and oxygen atoms in total. The van der Waals surface area contributed by atoms with Crippen molar-refractivity contribution < 1.29 is 9.53 Å². The second kappa shape index (κ2) is 7.18. The number of halogens is 1. The Labute approximate surface area is 71.1 Å². The Hall–Kier alpha value is 0.0700. The van der Waals surface area contributed by atoms with E-state index in [1.54, 1.807) is 0 Å². The van der Waals surface area contributed by atoms with Crippen LogP contribution in [-0.2, 0) is 9.53 Å². The number of esters is 1. The monoisotopic (exact) mass is 185 g/mol. The molecule has 0 aromatic carbocycles. The van der Waals surface area contributed by atoms with Crippen LogP contribution in [0, 0.1) is 0 Å². The van der Waals surface area contributed by atoms with Gasteiger partial charge in [-0.15, -0.1) is 24.2 Å². The van der Waals surface area contributed by atoms with Crippen molar-refractivity contribution in [1.29, 1.82) is 0 Å². The van der Waals surface area contributed by atoms with Crippen LogP contribution in [-0.4, -0.2) is 31.1 Å². The fourth-order valence-electron chi connectivity index (χ4n) is 0.420. The van der Waals surface area contributed by atoms with Crippen LogP contribution in [0.2, 0.25) is 0 Å². The standard InChI is InChI=1S/C5H11NO2S.ClH/c1-8-5(7)4(3-6)9-2;/h4H,3,6H2,1-2H3;1H. The maximum absolute atomic E-state index is 10.7. The summed E-state index contributed by atoms with van der Waals surface area (Å²) in [6.45, 7) is 0.341. The third-order valence-electron chi connectivity index (χ3n) is 0.963. The highest BCUT2D eigenvalue weighted by Crippen LogP contribution is 2.05. The SMILES string of the molecule is COC(=O)C(CN)SC.Cl. The molecule has 2 N–H and O–H groups in total. The molecule has 0 amide bonds. The molecule has 0 saturated carbocycles. The molecule has 1 atom stereocenters. The number of rotatable bonds is 3. The number of nitrogens with two attached hydrogens (primary N) is 1. The highest BCUT2D eigenvalue weighted by molar-refractivity contribution is 7.99. The Morgan fingerprint density at radius 3 is 2.40 bits per heavy atom. The number of carbonyl (C=O) groups excluding carboxylic acids is 1. The fraction of sp³-hybridized carbons (Fsp3) is 0.800. The van der Waals surface area contributed by atoms with Gasteiger partial charge in [0.25, 0.3) is 0 Å². The third kappa shape index (κ3) is 3.98. The summed E-state index contributed by atoms with van der Waals surface area (Å²) in [4.78, 5) is 10.7. The Bertz CT molecular complexity index is 97.6. The molecule has 0 aliphatic carbocycles. The van der Waals surface area contributed by atoms with Gasteiger partial charge in [-0.2, -0.15) is 0 Å². The zero-order valence-corrected chi connectivity index (χ0v) is 7.63. The van der Waals surface area contributed by atoms with E-state index in [0.717, 1.165) is 0 Å². The Morgan fingerprint density at radius 2 is 2.30 bits per heavy atom. The molecule has 0 aromatic heterocycles. The molecule has 0 rings (SSSR count). The highest BCUT2D eigenvalue weighted by atomic mass is 35.5. The van der Waals surface area contributed by atoms with Gasteiger partial charge in [0.2, 0.25) is 0 Å². The predicted octanol–water partition coefficient (Wildman–Crippen LogP) is 0.272. The number of thioether (sulfide) groups is 1. The van der Waals surface area contributed by atoms with Crippen LogP contribution in [0.4, 0.5) is 0 Å². The molecule has 0 aliphatic heterocycles. The summed E-state index contributed by atoms with van der Waals surface area (Å²) in [6.07, 6.45) is 1.83. The second-order valence-corrected chi connectivity index (χ2v) is 2.52. The van der Waals surface area contributed by atoms with Crippen molar-refractivity contribution >= 4 is 30.1 Å². The fourth-order valence-corrected chi connectivity index (χ4v) is 0.901. The molecule has 62 valence electrons.